The van der Waals surface area contributed by atoms with Crippen LogP contribution in [0.1, 0.15) is 13.8 Å². The van der Waals surface area contributed by atoms with Crippen molar-refractivity contribution in [2.75, 3.05) is 13.2 Å². The molecule has 0 spiro atoms. The third-order valence-electron chi connectivity index (χ3n) is 1.15. The molecule has 4 nitrogen and oxygen atoms in total. The second kappa shape index (κ2) is 8.34. The van der Waals surface area contributed by atoms with E-state index < -0.39 is 21.1 Å². The van der Waals surface area contributed by atoms with Crippen molar-refractivity contribution in [2.45, 2.75) is 22.7 Å². The first-order valence-electron chi connectivity index (χ1n) is 4.22. The number of hydrogen-bond donors (Lipinski definition) is 0. The van der Waals surface area contributed by atoms with E-state index in [1.54, 1.807) is 13.8 Å². The summed E-state index contributed by atoms with van der Waals surface area (Å²) >= 11 is -0.936. The van der Waals surface area contributed by atoms with Crippen LogP contribution in [0.4, 0.5) is 0 Å². The number of rotatable bonds is 6. The van der Waals surface area contributed by atoms with Crippen LogP contribution in [-0.2, 0) is 19.1 Å². The fourth-order valence-electron chi connectivity index (χ4n) is 0.691. The van der Waals surface area contributed by atoms with Crippen molar-refractivity contribution in [1.29, 1.82) is 0 Å². The van der Waals surface area contributed by atoms with Gasteiger partial charge in [0.25, 0.3) is 0 Å². The zero-order valence-electron chi connectivity index (χ0n) is 7.96. The standard InChI is InChI=1S/2C4H7O2.Sn/c2*1-3-6-4(2)5;/h2*2-3H2,1H3;. The third-order valence-corrected chi connectivity index (χ3v) is 4.22. The molecule has 0 rings (SSSR count). The van der Waals surface area contributed by atoms with Gasteiger partial charge in [-0.1, -0.05) is 0 Å². The van der Waals surface area contributed by atoms with Gasteiger partial charge in [-0.3, -0.25) is 0 Å². The SMILES string of the molecule is CCOC(=O)[CH2][Sn][CH2]C(=O)OCC. The molecule has 0 saturated heterocycles. The van der Waals surface area contributed by atoms with Gasteiger partial charge >= 0.3 is 88.1 Å². The molecular formula is C8H14O4Sn. The fraction of sp³-hybridized carbons (Fsp3) is 0.750. The van der Waals surface area contributed by atoms with Crippen molar-refractivity contribution in [2.24, 2.45) is 0 Å². The van der Waals surface area contributed by atoms with Crippen molar-refractivity contribution in [3.63, 3.8) is 0 Å². The van der Waals surface area contributed by atoms with E-state index >= 15 is 0 Å². The zero-order chi connectivity index (χ0) is 10.1. The summed E-state index contributed by atoms with van der Waals surface area (Å²) in [4.78, 5) is 21.7. The van der Waals surface area contributed by atoms with Crippen molar-refractivity contribution >= 4 is 33.1 Å². The van der Waals surface area contributed by atoms with E-state index in [9.17, 15) is 9.59 Å². The second-order valence-electron chi connectivity index (χ2n) is 2.21. The molecule has 0 saturated carbocycles. The Morgan fingerprint density at radius 3 is 1.69 bits per heavy atom. The van der Waals surface area contributed by atoms with Crippen LogP contribution in [0.2, 0.25) is 8.87 Å². The van der Waals surface area contributed by atoms with Gasteiger partial charge in [0.05, 0.1) is 0 Å². The summed E-state index contributed by atoms with van der Waals surface area (Å²) in [5.41, 5.74) is 0. The molecule has 0 aliphatic carbocycles. The number of carbonyl (C=O) groups excluding carboxylic acids is 2. The average Bonchev–Trinajstić information content (AvgIpc) is 2.05. The van der Waals surface area contributed by atoms with Crippen molar-refractivity contribution in [3.05, 3.63) is 0 Å². The summed E-state index contributed by atoms with van der Waals surface area (Å²) in [5.74, 6) is -0.364. The number of hydrogen-bond acceptors (Lipinski definition) is 4. The minimum absolute atomic E-state index is 0.182. The Bertz CT molecular complexity index is 152. The summed E-state index contributed by atoms with van der Waals surface area (Å²) < 4.78 is 10.4. The number of esters is 2. The fourth-order valence-corrected chi connectivity index (χ4v) is 2.80. The maximum absolute atomic E-state index is 10.9. The van der Waals surface area contributed by atoms with Crippen LogP contribution in [-0.4, -0.2) is 46.3 Å². The summed E-state index contributed by atoms with van der Waals surface area (Å²) in [5, 5.41) is 0. The van der Waals surface area contributed by atoms with Crippen LogP contribution in [0.25, 0.3) is 0 Å². The maximum atomic E-state index is 10.9. The average molecular weight is 293 g/mol. The second-order valence-corrected chi connectivity index (χ2v) is 5.66. The number of carbonyl (C=O) groups is 2. The molecule has 0 atom stereocenters. The van der Waals surface area contributed by atoms with Crippen LogP contribution in [0.3, 0.4) is 0 Å². The summed E-state index contributed by atoms with van der Waals surface area (Å²) in [6, 6.07) is 0. The molecule has 0 amide bonds. The summed E-state index contributed by atoms with van der Waals surface area (Å²) in [6.07, 6.45) is 0. The van der Waals surface area contributed by atoms with Crippen molar-refractivity contribution in [1.82, 2.24) is 0 Å². The zero-order valence-corrected chi connectivity index (χ0v) is 10.8. The van der Waals surface area contributed by atoms with Crippen LogP contribution >= 0.6 is 0 Å². The van der Waals surface area contributed by atoms with Gasteiger partial charge < -0.3 is 0 Å². The first kappa shape index (κ1) is 12.7. The first-order chi connectivity index (χ1) is 6.20. The Kier molecular flexibility index (Phi) is 8.17. The molecule has 0 aliphatic heterocycles. The Labute approximate surface area is 88.2 Å². The van der Waals surface area contributed by atoms with Gasteiger partial charge in [-0.15, -0.1) is 0 Å². The molecular weight excluding hydrogens is 279 g/mol. The van der Waals surface area contributed by atoms with E-state index in [4.69, 9.17) is 9.47 Å². The monoisotopic (exact) mass is 294 g/mol. The van der Waals surface area contributed by atoms with E-state index in [-0.39, 0.29) is 11.9 Å². The Morgan fingerprint density at radius 1 is 1.00 bits per heavy atom. The molecule has 0 unspecified atom stereocenters. The van der Waals surface area contributed by atoms with Crippen LogP contribution in [0.5, 0.6) is 0 Å². The molecule has 0 N–H and O–H groups in total. The van der Waals surface area contributed by atoms with Gasteiger partial charge in [-0.25, -0.2) is 0 Å². The predicted molar refractivity (Wildman–Crippen MR) is 48.6 cm³/mol. The molecule has 0 aromatic heterocycles. The van der Waals surface area contributed by atoms with Crippen LogP contribution in [0, 0.1) is 0 Å². The molecule has 0 bridgehead atoms. The Morgan fingerprint density at radius 2 is 1.38 bits per heavy atom. The number of ether oxygens (including phenoxy) is 2. The quantitative estimate of drug-likeness (QED) is 0.533. The van der Waals surface area contributed by atoms with E-state index in [0.29, 0.717) is 22.1 Å². The topological polar surface area (TPSA) is 52.6 Å². The molecule has 5 heteroatoms. The van der Waals surface area contributed by atoms with Crippen molar-refractivity contribution < 1.29 is 19.1 Å². The van der Waals surface area contributed by atoms with Gasteiger partial charge in [-0.05, 0) is 0 Å². The van der Waals surface area contributed by atoms with E-state index in [1.165, 1.54) is 0 Å². The minimum atomic E-state index is -0.936. The summed E-state index contributed by atoms with van der Waals surface area (Å²) in [7, 11) is 0. The third kappa shape index (κ3) is 8.08. The molecule has 0 aromatic rings. The van der Waals surface area contributed by atoms with Gasteiger partial charge in [0.1, 0.15) is 0 Å². The molecule has 74 valence electrons. The molecule has 0 aliphatic rings. The van der Waals surface area contributed by atoms with E-state index in [0.717, 1.165) is 0 Å². The molecule has 13 heavy (non-hydrogen) atoms. The molecule has 0 heterocycles. The predicted octanol–water partition coefficient (Wildman–Crippen LogP) is 0.653. The Balaban J connectivity index is 3.33. The van der Waals surface area contributed by atoms with E-state index in [1.807, 2.05) is 0 Å². The molecule has 0 aromatic carbocycles. The van der Waals surface area contributed by atoms with Gasteiger partial charge in [-0.2, -0.15) is 0 Å². The van der Waals surface area contributed by atoms with Crippen molar-refractivity contribution in [3.8, 4) is 0 Å². The Hall–Kier alpha value is -0.261. The summed E-state index contributed by atoms with van der Waals surface area (Å²) in [6.45, 7) is 4.37. The molecule has 2 radical (unpaired) electrons. The first-order valence-corrected chi connectivity index (χ1v) is 8.26. The molecule has 0 fully saturated rings. The van der Waals surface area contributed by atoms with Crippen LogP contribution < -0.4 is 0 Å². The van der Waals surface area contributed by atoms with Gasteiger partial charge in [0.15, 0.2) is 0 Å². The van der Waals surface area contributed by atoms with Gasteiger partial charge in [0.2, 0.25) is 0 Å². The normalized spacial score (nSPS) is 9.38. The van der Waals surface area contributed by atoms with E-state index in [2.05, 4.69) is 0 Å². The van der Waals surface area contributed by atoms with Gasteiger partial charge in [0, 0.05) is 0 Å². The van der Waals surface area contributed by atoms with Crippen LogP contribution in [0.15, 0.2) is 0 Å².